The van der Waals surface area contributed by atoms with Gasteiger partial charge in [0.1, 0.15) is 5.75 Å². The fraction of sp³-hybridized carbons (Fsp3) is 0.200. The van der Waals surface area contributed by atoms with Crippen LogP contribution in [-0.4, -0.2) is 28.4 Å². The number of phenols is 1. The van der Waals surface area contributed by atoms with E-state index in [-0.39, 0.29) is 22.8 Å². The maximum absolute atomic E-state index is 12.5. The minimum Gasteiger partial charge on any atom is -0.506 e. The first kappa shape index (κ1) is 18.8. The number of H-pyrrole nitrogens is 2. The van der Waals surface area contributed by atoms with E-state index in [0.29, 0.717) is 23.2 Å². The predicted molar refractivity (Wildman–Crippen MR) is 102 cm³/mol. The van der Waals surface area contributed by atoms with Gasteiger partial charge in [-0.05, 0) is 23.3 Å². The number of hydrogen-bond acceptors (Lipinski definition) is 4. The lowest BCUT2D eigenvalue weighted by molar-refractivity contribution is -0.140. The van der Waals surface area contributed by atoms with E-state index in [4.69, 9.17) is 16.3 Å². The topological polar surface area (TPSA) is 95.2 Å². The van der Waals surface area contributed by atoms with Crippen molar-refractivity contribution in [3.8, 4) is 5.75 Å². The van der Waals surface area contributed by atoms with Crippen LogP contribution in [0.15, 0.2) is 53.3 Å². The van der Waals surface area contributed by atoms with Crippen LogP contribution in [0, 0.1) is 0 Å². The monoisotopic (exact) mass is 386 g/mol. The fourth-order valence-electron chi connectivity index (χ4n) is 3.09. The maximum Gasteiger partial charge on any atom is 0.306 e. The normalized spacial score (nSPS) is 11.9. The number of phenolic OH excluding ortho intramolecular Hbond substituents is 1. The van der Waals surface area contributed by atoms with E-state index in [1.54, 1.807) is 12.1 Å². The highest BCUT2D eigenvalue weighted by Gasteiger charge is 2.26. The van der Waals surface area contributed by atoms with Crippen LogP contribution in [-0.2, 0) is 16.0 Å². The summed E-state index contributed by atoms with van der Waals surface area (Å²) in [5, 5.41) is 15.4. The molecule has 0 aliphatic carbocycles. The lowest BCUT2D eigenvalue weighted by Gasteiger charge is -2.17. The Bertz CT molecular complexity index is 995. The van der Waals surface area contributed by atoms with Crippen LogP contribution in [0.4, 0.5) is 0 Å². The average Bonchev–Trinajstić information content (AvgIpc) is 3.02. The molecule has 3 aromatic rings. The first-order chi connectivity index (χ1) is 13.0. The Labute approximate surface area is 160 Å². The van der Waals surface area contributed by atoms with Gasteiger partial charge in [-0.2, -0.15) is 0 Å². The number of aromatic amines is 2. The Morgan fingerprint density at radius 2 is 1.93 bits per heavy atom. The van der Waals surface area contributed by atoms with E-state index in [2.05, 4.69) is 10.2 Å². The van der Waals surface area contributed by atoms with Crippen LogP contribution < -0.4 is 5.56 Å². The quantitative estimate of drug-likeness (QED) is 0.566. The summed E-state index contributed by atoms with van der Waals surface area (Å²) in [4.78, 5) is 24.5. The van der Waals surface area contributed by atoms with Crippen molar-refractivity contribution in [2.24, 2.45) is 0 Å². The number of benzene rings is 2. The zero-order chi connectivity index (χ0) is 19.4. The summed E-state index contributed by atoms with van der Waals surface area (Å²) in [6, 6.07) is 14.3. The molecule has 6 nitrogen and oxygen atoms in total. The number of halogens is 1. The molecule has 3 N–H and O–H groups in total. The van der Waals surface area contributed by atoms with Crippen molar-refractivity contribution in [3.05, 3.63) is 86.3 Å². The molecule has 7 heteroatoms. The van der Waals surface area contributed by atoms with E-state index in [0.717, 1.165) is 5.56 Å². The molecular weight excluding hydrogens is 368 g/mol. The van der Waals surface area contributed by atoms with Crippen molar-refractivity contribution in [3.63, 3.8) is 0 Å². The zero-order valence-electron chi connectivity index (χ0n) is 14.7. The molecule has 1 atom stereocenters. The summed E-state index contributed by atoms with van der Waals surface area (Å²) in [6.07, 6.45) is 0.471. The molecule has 140 valence electrons. The van der Waals surface area contributed by atoms with Gasteiger partial charge in [0.05, 0.1) is 18.6 Å². The summed E-state index contributed by atoms with van der Waals surface area (Å²) in [5.41, 5.74) is 2.49. The number of carbonyl (C=O) groups is 1. The molecule has 0 aliphatic rings. The number of nitrogens with one attached hydrogen (secondary N) is 2. The third kappa shape index (κ3) is 4.23. The second-order valence-electron chi connectivity index (χ2n) is 6.18. The molecule has 3 rings (SSSR count). The summed E-state index contributed by atoms with van der Waals surface area (Å²) in [5.74, 6) is -1.08. The first-order valence-corrected chi connectivity index (χ1v) is 8.76. The predicted octanol–water partition coefficient (Wildman–Crippen LogP) is 3.35. The van der Waals surface area contributed by atoms with Gasteiger partial charge in [0.15, 0.2) is 0 Å². The summed E-state index contributed by atoms with van der Waals surface area (Å²) >= 11 is 6.04. The van der Waals surface area contributed by atoms with Crippen molar-refractivity contribution < 1.29 is 14.6 Å². The molecule has 0 fully saturated rings. The number of hydrogen-bond donors (Lipinski definition) is 3. The molecule has 1 unspecified atom stereocenters. The molecular formula is C20H19ClN2O4. The summed E-state index contributed by atoms with van der Waals surface area (Å²) < 4.78 is 4.81. The van der Waals surface area contributed by atoms with Crippen LogP contribution in [0.3, 0.4) is 0 Å². The number of aromatic nitrogens is 2. The minimum atomic E-state index is -0.565. The molecule has 0 amide bonds. The Balaban J connectivity index is 2.06. The molecule has 2 aromatic carbocycles. The minimum absolute atomic E-state index is 0.0275. The molecule has 0 saturated carbocycles. The van der Waals surface area contributed by atoms with Crippen molar-refractivity contribution in [1.29, 1.82) is 0 Å². The van der Waals surface area contributed by atoms with Gasteiger partial charge in [-0.15, -0.1) is 0 Å². The third-order valence-electron chi connectivity index (χ3n) is 4.44. The number of ether oxygens (including phenoxy) is 1. The van der Waals surface area contributed by atoms with Crippen LogP contribution in [0.25, 0.3) is 0 Å². The summed E-state index contributed by atoms with van der Waals surface area (Å²) in [7, 11) is 1.30. The Kier molecular flexibility index (Phi) is 5.66. The largest absolute Gasteiger partial charge is 0.506 e. The zero-order valence-corrected chi connectivity index (χ0v) is 15.4. The molecule has 27 heavy (non-hydrogen) atoms. The average molecular weight is 387 g/mol. The van der Waals surface area contributed by atoms with E-state index < -0.39 is 11.9 Å². The van der Waals surface area contributed by atoms with Gasteiger partial charge in [-0.25, -0.2) is 0 Å². The van der Waals surface area contributed by atoms with E-state index in [1.165, 1.54) is 13.2 Å². The van der Waals surface area contributed by atoms with Gasteiger partial charge in [-0.1, -0.05) is 48.0 Å². The second kappa shape index (κ2) is 8.14. The third-order valence-corrected chi connectivity index (χ3v) is 4.74. The number of esters is 1. The van der Waals surface area contributed by atoms with Crippen molar-refractivity contribution in [2.45, 2.75) is 18.8 Å². The first-order valence-electron chi connectivity index (χ1n) is 8.38. The smallest absolute Gasteiger partial charge is 0.306 e. The van der Waals surface area contributed by atoms with Gasteiger partial charge in [-0.3, -0.25) is 14.7 Å². The lowest BCUT2D eigenvalue weighted by atomic mass is 9.87. The molecule has 1 heterocycles. The second-order valence-corrected chi connectivity index (χ2v) is 6.58. The Morgan fingerprint density at radius 1 is 1.19 bits per heavy atom. The number of carbonyl (C=O) groups excluding carboxylic acids is 1. The summed E-state index contributed by atoms with van der Waals surface area (Å²) in [6.45, 7) is 0. The molecule has 1 aromatic heterocycles. The SMILES string of the molecule is COC(=O)CC(c1ccc(O)c(Cl)c1)c1c(Cc2ccccc2)[nH][nH]c1=O. The molecule has 0 radical (unpaired) electrons. The van der Waals surface area contributed by atoms with Crippen LogP contribution in [0.1, 0.15) is 34.7 Å². The lowest BCUT2D eigenvalue weighted by Crippen LogP contribution is -2.18. The van der Waals surface area contributed by atoms with Crippen molar-refractivity contribution in [2.75, 3.05) is 7.11 Å². The maximum atomic E-state index is 12.5. The van der Waals surface area contributed by atoms with Crippen molar-refractivity contribution in [1.82, 2.24) is 10.2 Å². The number of rotatable bonds is 6. The highest BCUT2D eigenvalue weighted by atomic mass is 35.5. The van der Waals surface area contributed by atoms with E-state index in [9.17, 15) is 14.7 Å². The molecule has 0 spiro atoms. The van der Waals surface area contributed by atoms with Crippen LogP contribution in [0.2, 0.25) is 5.02 Å². The van der Waals surface area contributed by atoms with Crippen LogP contribution >= 0.6 is 11.6 Å². The number of methoxy groups -OCH3 is 1. The standard InChI is InChI=1S/C20H19ClN2O4/c1-27-18(25)11-14(13-7-8-17(24)15(21)10-13)19-16(22-23-20(19)26)9-12-5-3-2-4-6-12/h2-8,10,14,24H,9,11H2,1H3,(H2,22,23,26). The Hall–Kier alpha value is -2.99. The van der Waals surface area contributed by atoms with E-state index in [1.807, 2.05) is 30.3 Å². The van der Waals surface area contributed by atoms with Gasteiger partial charge < -0.3 is 14.9 Å². The molecule has 0 aliphatic heterocycles. The fourth-order valence-corrected chi connectivity index (χ4v) is 3.28. The molecule has 0 saturated heterocycles. The molecule has 0 bridgehead atoms. The number of aromatic hydroxyl groups is 1. The van der Waals surface area contributed by atoms with Gasteiger partial charge in [0.25, 0.3) is 5.56 Å². The highest BCUT2D eigenvalue weighted by Crippen LogP contribution is 2.33. The van der Waals surface area contributed by atoms with Gasteiger partial charge in [0, 0.05) is 23.6 Å². The Morgan fingerprint density at radius 3 is 2.59 bits per heavy atom. The van der Waals surface area contributed by atoms with E-state index >= 15 is 0 Å². The van der Waals surface area contributed by atoms with Gasteiger partial charge >= 0.3 is 5.97 Å². The van der Waals surface area contributed by atoms with Crippen molar-refractivity contribution >= 4 is 17.6 Å². The van der Waals surface area contributed by atoms with Crippen LogP contribution in [0.5, 0.6) is 5.75 Å². The van der Waals surface area contributed by atoms with Gasteiger partial charge in [0.2, 0.25) is 0 Å². The highest BCUT2D eigenvalue weighted by molar-refractivity contribution is 6.32.